The lowest BCUT2D eigenvalue weighted by molar-refractivity contribution is 0.345. The van der Waals surface area contributed by atoms with Crippen molar-refractivity contribution in [1.29, 1.82) is 0 Å². The zero-order valence-corrected chi connectivity index (χ0v) is 13.1. The van der Waals surface area contributed by atoms with Crippen LogP contribution in [0.15, 0.2) is 11.2 Å². The van der Waals surface area contributed by atoms with Crippen molar-refractivity contribution in [3.8, 4) is 0 Å². The van der Waals surface area contributed by atoms with Crippen LogP contribution in [0.4, 0.5) is 11.8 Å². The average molecular weight is 321 g/mol. The molecule has 0 unspecified atom stereocenters. The third-order valence-corrected chi connectivity index (χ3v) is 4.59. The fourth-order valence-electron chi connectivity index (χ4n) is 2.35. The summed E-state index contributed by atoms with van der Waals surface area (Å²) >= 11 is 1.58. The third kappa shape index (κ3) is 3.45. The predicted molar refractivity (Wildman–Crippen MR) is 84.4 cm³/mol. The monoisotopic (exact) mass is 321 g/mol. The Labute approximate surface area is 132 Å². The van der Waals surface area contributed by atoms with E-state index in [1.165, 1.54) is 0 Å². The second kappa shape index (κ2) is 6.44. The number of aryl methyl sites for hydroxylation is 1. The summed E-state index contributed by atoms with van der Waals surface area (Å²) < 4.78 is 1.64. The standard InChI is InChI=1S/C12H19N9S/c1-21-12(18-19-20-21)22-3-2-15-10-6-9(16-11(14)17-10)7-4-8(13)5-7/h6-8H,2-5,13H2,1H3,(H3,14,15,16,17). The topological polar surface area (TPSA) is 133 Å². The number of rotatable bonds is 6. The van der Waals surface area contributed by atoms with Crippen LogP contribution in [0, 0.1) is 0 Å². The number of nitrogen functional groups attached to an aromatic ring is 1. The molecule has 0 spiro atoms. The van der Waals surface area contributed by atoms with Gasteiger partial charge in [-0.3, -0.25) is 0 Å². The molecule has 9 nitrogen and oxygen atoms in total. The molecule has 5 N–H and O–H groups in total. The number of anilines is 2. The number of nitrogens with zero attached hydrogens (tertiary/aromatic N) is 6. The molecule has 0 atom stereocenters. The Morgan fingerprint density at radius 2 is 2.23 bits per heavy atom. The normalized spacial score (nSPS) is 20.6. The van der Waals surface area contributed by atoms with Gasteiger partial charge in [0.25, 0.3) is 0 Å². The number of hydrogen-bond acceptors (Lipinski definition) is 9. The molecule has 0 aliphatic heterocycles. The molecule has 0 saturated heterocycles. The molecule has 0 aromatic carbocycles. The quantitative estimate of drug-likeness (QED) is 0.496. The van der Waals surface area contributed by atoms with E-state index in [1.807, 2.05) is 13.1 Å². The maximum atomic E-state index is 5.83. The number of tetrazole rings is 1. The van der Waals surface area contributed by atoms with Crippen molar-refractivity contribution in [2.24, 2.45) is 12.8 Å². The fraction of sp³-hybridized carbons (Fsp3) is 0.583. The minimum atomic E-state index is 0.286. The van der Waals surface area contributed by atoms with Crippen LogP contribution in [0.1, 0.15) is 24.5 Å². The molecule has 1 saturated carbocycles. The first kappa shape index (κ1) is 15.0. The van der Waals surface area contributed by atoms with Gasteiger partial charge in [-0.05, 0) is 23.3 Å². The Balaban J connectivity index is 1.52. The third-order valence-electron chi connectivity index (χ3n) is 3.58. The van der Waals surface area contributed by atoms with Gasteiger partial charge in [0.15, 0.2) is 0 Å². The van der Waals surface area contributed by atoms with Crippen molar-refractivity contribution in [2.45, 2.75) is 30.0 Å². The molecule has 2 heterocycles. The molecule has 118 valence electrons. The van der Waals surface area contributed by atoms with Crippen molar-refractivity contribution in [2.75, 3.05) is 23.3 Å². The maximum absolute atomic E-state index is 5.83. The van der Waals surface area contributed by atoms with Gasteiger partial charge >= 0.3 is 0 Å². The number of aromatic nitrogens is 6. The van der Waals surface area contributed by atoms with Crippen LogP contribution in [0.25, 0.3) is 0 Å². The zero-order chi connectivity index (χ0) is 15.5. The summed E-state index contributed by atoms with van der Waals surface area (Å²) in [7, 11) is 1.82. The number of nitrogens with one attached hydrogen (secondary N) is 1. The summed E-state index contributed by atoms with van der Waals surface area (Å²) in [6.07, 6.45) is 1.93. The van der Waals surface area contributed by atoms with Crippen molar-refractivity contribution in [1.82, 2.24) is 30.2 Å². The minimum Gasteiger partial charge on any atom is -0.369 e. The van der Waals surface area contributed by atoms with Crippen molar-refractivity contribution in [3.05, 3.63) is 11.8 Å². The van der Waals surface area contributed by atoms with Crippen molar-refractivity contribution < 1.29 is 0 Å². The predicted octanol–water partition coefficient (Wildman–Crippen LogP) is -0.00880. The van der Waals surface area contributed by atoms with Gasteiger partial charge in [0, 0.05) is 37.4 Å². The van der Waals surface area contributed by atoms with E-state index >= 15 is 0 Å². The molecule has 10 heteroatoms. The van der Waals surface area contributed by atoms with Gasteiger partial charge in [-0.2, -0.15) is 4.98 Å². The molecule has 2 aromatic heterocycles. The second-order valence-corrected chi connectivity index (χ2v) is 6.39. The second-order valence-electron chi connectivity index (χ2n) is 5.32. The largest absolute Gasteiger partial charge is 0.369 e. The molecular weight excluding hydrogens is 302 g/mol. The molecule has 0 bridgehead atoms. The SMILES string of the molecule is Cn1nnnc1SCCNc1cc(C2CC(N)C2)nc(N)n1. The molecule has 3 rings (SSSR count). The summed E-state index contributed by atoms with van der Waals surface area (Å²) in [6.45, 7) is 0.734. The van der Waals surface area contributed by atoms with Crippen LogP contribution in [-0.4, -0.2) is 48.5 Å². The number of thioether (sulfide) groups is 1. The Hall–Kier alpha value is -1.94. The van der Waals surface area contributed by atoms with E-state index < -0.39 is 0 Å². The van der Waals surface area contributed by atoms with Crippen LogP contribution in [0.5, 0.6) is 0 Å². The Kier molecular flexibility index (Phi) is 4.39. The van der Waals surface area contributed by atoms with E-state index in [-0.39, 0.29) is 6.04 Å². The molecule has 0 amide bonds. The minimum absolute atomic E-state index is 0.286. The van der Waals surface area contributed by atoms with Gasteiger partial charge in [0.2, 0.25) is 11.1 Å². The summed E-state index contributed by atoms with van der Waals surface area (Å²) in [5.41, 5.74) is 12.6. The highest BCUT2D eigenvalue weighted by molar-refractivity contribution is 7.99. The molecule has 22 heavy (non-hydrogen) atoms. The Bertz CT molecular complexity index is 637. The van der Waals surface area contributed by atoms with Crippen LogP contribution in [0.2, 0.25) is 0 Å². The molecule has 1 fully saturated rings. The van der Waals surface area contributed by atoms with E-state index in [0.717, 1.165) is 41.8 Å². The summed E-state index contributed by atoms with van der Waals surface area (Å²) in [4.78, 5) is 8.52. The fourth-order valence-corrected chi connectivity index (χ4v) is 3.06. The van der Waals surface area contributed by atoms with Crippen molar-refractivity contribution in [3.63, 3.8) is 0 Å². The summed E-state index contributed by atoms with van der Waals surface area (Å²) in [5.74, 6) is 2.27. The lowest BCUT2D eigenvalue weighted by Crippen LogP contribution is -2.35. The van der Waals surface area contributed by atoms with Gasteiger partial charge in [-0.1, -0.05) is 11.8 Å². The molecular formula is C12H19N9S. The Morgan fingerprint density at radius 1 is 1.41 bits per heavy atom. The number of hydrogen-bond donors (Lipinski definition) is 3. The van der Waals surface area contributed by atoms with Crippen LogP contribution < -0.4 is 16.8 Å². The first-order valence-electron chi connectivity index (χ1n) is 7.11. The van der Waals surface area contributed by atoms with E-state index in [4.69, 9.17) is 11.5 Å². The van der Waals surface area contributed by atoms with Crippen LogP contribution >= 0.6 is 11.8 Å². The highest BCUT2D eigenvalue weighted by Gasteiger charge is 2.29. The Morgan fingerprint density at radius 3 is 2.91 bits per heavy atom. The molecule has 0 radical (unpaired) electrons. The van der Waals surface area contributed by atoms with Gasteiger partial charge in [0.1, 0.15) is 5.82 Å². The summed E-state index contributed by atoms with van der Waals surface area (Å²) in [6, 6.07) is 2.25. The first-order valence-corrected chi connectivity index (χ1v) is 8.09. The average Bonchev–Trinajstić information content (AvgIpc) is 2.85. The lowest BCUT2D eigenvalue weighted by Gasteiger charge is -2.32. The first-order chi connectivity index (χ1) is 10.6. The van der Waals surface area contributed by atoms with Crippen LogP contribution in [0.3, 0.4) is 0 Å². The van der Waals surface area contributed by atoms with E-state index in [2.05, 4.69) is 30.8 Å². The van der Waals surface area contributed by atoms with Gasteiger partial charge < -0.3 is 16.8 Å². The molecule has 2 aromatic rings. The van der Waals surface area contributed by atoms with Gasteiger partial charge in [-0.15, -0.1) is 5.10 Å². The lowest BCUT2D eigenvalue weighted by atomic mass is 9.78. The summed E-state index contributed by atoms with van der Waals surface area (Å²) in [5, 5.41) is 15.3. The van der Waals surface area contributed by atoms with E-state index in [9.17, 15) is 0 Å². The highest BCUT2D eigenvalue weighted by atomic mass is 32.2. The van der Waals surface area contributed by atoms with E-state index in [0.29, 0.717) is 11.9 Å². The van der Waals surface area contributed by atoms with E-state index in [1.54, 1.807) is 16.4 Å². The van der Waals surface area contributed by atoms with Crippen LogP contribution in [-0.2, 0) is 7.05 Å². The molecule has 1 aliphatic rings. The maximum Gasteiger partial charge on any atom is 0.222 e. The zero-order valence-electron chi connectivity index (χ0n) is 12.3. The smallest absolute Gasteiger partial charge is 0.222 e. The van der Waals surface area contributed by atoms with Gasteiger partial charge in [-0.25, -0.2) is 9.67 Å². The number of nitrogens with two attached hydrogens (primary N) is 2. The van der Waals surface area contributed by atoms with Gasteiger partial charge in [0.05, 0.1) is 5.69 Å². The molecule has 1 aliphatic carbocycles. The van der Waals surface area contributed by atoms with Crippen molar-refractivity contribution >= 4 is 23.5 Å². The highest BCUT2D eigenvalue weighted by Crippen LogP contribution is 2.35.